The van der Waals surface area contributed by atoms with Gasteiger partial charge in [-0.2, -0.15) is 0 Å². The molecular weight excluding hydrogens is 402 g/mol. The largest absolute Gasteiger partial charge is 0.457 e. The molecule has 0 saturated heterocycles. The number of furan rings is 1. The minimum atomic E-state index is -0.722. The standard InChI is InChI=1S/C22H17N3O4S/c1-13(25-16-7-3-4-8-17(16)29-22(25)27)20(26)23-12-14-10-11-18(28-14)21-24-15-6-2-5-9-19(15)30-21/h2-11,13H,12H2,1H3,(H,23,26). The Morgan fingerprint density at radius 2 is 1.90 bits per heavy atom. The maximum absolute atomic E-state index is 12.6. The highest BCUT2D eigenvalue weighted by molar-refractivity contribution is 7.21. The Hall–Kier alpha value is -3.65. The van der Waals surface area contributed by atoms with E-state index in [0.717, 1.165) is 15.2 Å². The molecule has 0 aliphatic carbocycles. The van der Waals surface area contributed by atoms with Gasteiger partial charge in [-0.15, -0.1) is 11.3 Å². The van der Waals surface area contributed by atoms with Gasteiger partial charge < -0.3 is 14.2 Å². The van der Waals surface area contributed by atoms with Crippen LogP contribution in [0, 0.1) is 0 Å². The van der Waals surface area contributed by atoms with Crippen LogP contribution in [0.5, 0.6) is 0 Å². The molecule has 1 unspecified atom stereocenters. The third-order valence-corrected chi connectivity index (χ3v) is 5.94. The Morgan fingerprint density at radius 3 is 2.77 bits per heavy atom. The van der Waals surface area contributed by atoms with E-state index < -0.39 is 11.8 Å². The molecule has 2 aromatic carbocycles. The smallest absolute Gasteiger partial charge is 0.420 e. The first kappa shape index (κ1) is 18.4. The van der Waals surface area contributed by atoms with Crippen molar-refractivity contribution in [1.82, 2.24) is 14.9 Å². The van der Waals surface area contributed by atoms with E-state index in [0.29, 0.717) is 22.6 Å². The van der Waals surface area contributed by atoms with E-state index in [-0.39, 0.29) is 12.5 Å². The lowest BCUT2D eigenvalue weighted by atomic mass is 10.2. The van der Waals surface area contributed by atoms with Crippen LogP contribution < -0.4 is 11.1 Å². The lowest BCUT2D eigenvalue weighted by Crippen LogP contribution is -2.34. The van der Waals surface area contributed by atoms with Gasteiger partial charge in [0.15, 0.2) is 16.4 Å². The quantitative estimate of drug-likeness (QED) is 0.458. The summed E-state index contributed by atoms with van der Waals surface area (Å²) in [5.41, 5.74) is 1.96. The summed E-state index contributed by atoms with van der Waals surface area (Å²) in [5, 5.41) is 3.61. The molecule has 0 saturated carbocycles. The summed E-state index contributed by atoms with van der Waals surface area (Å²) >= 11 is 1.55. The highest BCUT2D eigenvalue weighted by Crippen LogP contribution is 2.31. The second-order valence-electron chi connectivity index (χ2n) is 6.85. The van der Waals surface area contributed by atoms with Crippen LogP contribution in [0.2, 0.25) is 0 Å². The zero-order chi connectivity index (χ0) is 20.7. The van der Waals surface area contributed by atoms with Gasteiger partial charge in [-0.25, -0.2) is 9.78 Å². The summed E-state index contributed by atoms with van der Waals surface area (Å²) in [5.74, 6) is 0.399. The number of nitrogens with one attached hydrogen (secondary N) is 1. The van der Waals surface area contributed by atoms with Gasteiger partial charge in [0, 0.05) is 0 Å². The highest BCUT2D eigenvalue weighted by atomic mass is 32.1. The number of hydrogen-bond acceptors (Lipinski definition) is 6. The molecule has 3 aromatic heterocycles. The van der Waals surface area contributed by atoms with Crippen molar-refractivity contribution >= 4 is 38.6 Å². The maximum Gasteiger partial charge on any atom is 0.420 e. The van der Waals surface area contributed by atoms with E-state index in [2.05, 4.69) is 10.3 Å². The van der Waals surface area contributed by atoms with Gasteiger partial charge in [0.1, 0.15) is 11.8 Å². The fourth-order valence-electron chi connectivity index (χ4n) is 3.36. The van der Waals surface area contributed by atoms with Crippen LogP contribution in [0.3, 0.4) is 0 Å². The lowest BCUT2D eigenvalue weighted by Gasteiger charge is -2.12. The van der Waals surface area contributed by atoms with Crippen LogP contribution in [0.4, 0.5) is 0 Å². The molecule has 0 fully saturated rings. The minimum Gasteiger partial charge on any atom is -0.457 e. The normalized spacial score (nSPS) is 12.4. The summed E-state index contributed by atoms with van der Waals surface area (Å²) in [7, 11) is 0. The summed E-state index contributed by atoms with van der Waals surface area (Å²) < 4.78 is 13.5. The third kappa shape index (κ3) is 3.21. The van der Waals surface area contributed by atoms with Crippen molar-refractivity contribution in [2.75, 3.05) is 0 Å². The van der Waals surface area contributed by atoms with E-state index in [1.54, 1.807) is 42.5 Å². The highest BCUT2D eigenvalue weighted by Gasteiger charge is 2.21. The molecule has 30 heavy (non-hydrogen) atoms. The summed E-state index contributed by atoms with van der Waals surface area (Å²) in [6.07, 6.45) is 0. The molecule has 1 atom stereocenters. The number of oxazole rings is 1. The predicted octanol–water partition coefficient (Wildman–Crippen LogP) is 4.34. The van der Waals surface area contributed by atoms with Crippen molar-refractivity contribution in [3.63, 3.8) is 0 Å². The van der Waals surface area contributed by atoms with Gasteiger partial charge in [0.2, 0.25) is 5.91 Å². The monoisotopic (exact) mass is 419 g/mol. The van der Waals surface area contributed by atoms with Crippen LogP contribution in [-0.2, 0) is 11.3 Å². The van der Waals surface area contributed by atoms with Crippen molar-refractivity contribution in [2.45, 2.75) is 19.5 Å². The zero-order valence-corrected chi connectivity index (χ0v) is 16.8. The van der Waals surface area contributed by atoms with E-state index in [1.165, 1.54) is 4.57 Å². The number of hydrogen-bond donors (Lipinski definition) is 1. The van der Waals surface area contributed by atoms with Crippen LogP contribution in [-0.4, -0.2) is 15.5 Å². The summed E-state index contributed by atoms with van der Waals surface area (Å²) in [6, 6.07) is 17.9. The molecule has 0 bridgehead atoms. The van der Waals surface area contributed by atoms with Crippen LogP contribution in [0.25, 0.3) is 32.1 Å². The molecular formula is C22H17N3O4S. The Bertz CT molecular complexity index is 1390. The molecule has 0 aliphatic rings. The van der Waals surface area contributed by atoms with Gasteiger partial charge in [0.05, 0.1) is 22.3 Å². The molecule has 0 radical (unpaired) electrons. The number of carbonyl (C=O) groups excluding carboxylic acids is 1. The summed E-state index contributed by atoms with van der Waals surface area (Å²) in [6.45, 7) is 1.87. The number of rotatable bonds is 5. The van der Waals surface area contributed by atoms with E-state index in [4.69, 9.17) is 8.83 Å². The van der Waals surface area contributed by atoms with Gasteiger partial charge in [-0.3, -0.25) is 9.36 Å². The van der Waals surface area contributed by atoms with Gasteiger partial charge in [-0.1, -0.05) is 24.3 Å². The van der Waals surface area contributed by atoms with E-state index in [1.807, 2.05) is 36.4 Å². The number of aromatic nitrogens is 2. The Kier molecular flexibility index (Phi) is 4.48. The maximum atomic E-state index is 12.6. The van der Waals surface area contributed by atoms with Crippen molar-refractivity contribution in [2.24, 2.45) is 0 Å². The average molecular weight is 419 g/mol. The van der Waals surface area contributed by atoms with Crippen molar-refractivity contribution in [3.8, 4) is 10.8 Å². The Labute approximate surface area is 174 Å². The molecule has 1 amide bonds. The second kappa shape index (κ2) is 7.31. The molecule has 3 heterocycles. The third-order valence-electron chi connectivity index (χ3n) is 4.89. The first-order valence-electron chi connectivity index (χ1n) is 9.42. The fraction of sp³-hybridized carbons (Fsp3) is 0.136. The molecule has 5 rings (SSSR count). The summed E-state index contributed by atoms with van der Waals surface area (Å²) in [4.78, 5) is 29.4. The predicted molar refractivity (Wildman–Crippen MR) is 114 cm³/mol. The van der Waals surface area contributed by atoms with Crippen molar-refractivity contribution in [1.29, 1.82) is 0 Å². The van der Waals surface area contributed by atoms with Crippen LogP contribution in [0.1, 0.15) is 18.7 Å². The number of benzene rings is 2. The van der Waals surface area contributed by atoms with Gasteiger partial charge >= 0.3 is 5.76 Å². The molecule has 5 aromatic rings. The van der Waals surface area contributed by atoms with E-state index >= 15 is 0 Å². The molecule has 8 heteroatoms. The minimum absolute atomic E-state index is 0.207. The van der Waals surface area contributed by atoms with Gasteiger partial charge in [0.25, 0.3) is 0 Å². The number of carbonyl (C=O) groups is 1. The molecule has 7 nitrogen and oxygen atoms in total. The number of para-hydroxylation sites is 3. The SMILES string of the molecule is CC(C(=O)NCc1ccc(-c2nc3ccccc3s2)o1)n1c(=O)oc2ccccc21. The number of amides is 1. The number of thiazole rings is 1. The van der Waals surface area contributed by atoms with Gasteiger partial charge in [-0.05, 0) is 43.3 Å². The van der Waals surface area contributed by atoms with Crippen LogP contribution >= 0.6 is 11.3 Å². The average Bonchev–Trinajstić information content (AvgIpc) is 3.46. The molecule has 0 spiro atoms. The molecule has 0 aliphatic heterocycles. The van der Waals surface area contributed by atoms with Crippen LogP contribution in [0.15, 0.2) is 74.3 Å². The second-order valence-corrected chi connectivity index (χ2v) is 7.88. The Balaban J connectivity index is 1.31. The van der Waals surface area contributed by atoms with Crippen molar-refractivity contribution in [3.05, 3.63) is 77.0 Å². The number of fused-ring (bicyclic) bond motifs is 2. The topological polar surface area (TPSA) is 90.3 Å². The molecule has 150 valence electrons. The van der Waals surface area contributed by atoms with Crippen molar-refractivity contribution < 1.29 is 13.6 Å². The zero-order valence-electron chi connectivity index (χ0n) is 16.0. The molecule has 1 N–H and O–H groups in total. The number of nitrogens with zero attached hydrogens (tertiary/aromatic N) is 2. The first-order chi connectivity index (χ1) is 14.6. The Morgan fingerprint density at radius 1 is 1.10 bits per heavy atom. The fourth-order valence-corrected chi connectivity index (χ4v) is 4.28. The lowest BCUT2D eigenvalue weighted by molar-refractivity contribution is -0.124. The van der Waals surface area contributed by atoms with E-state index in [9.17, 15) is 9.59 Å². The first-order valence-corrected chi connectivity index (χ1v) is 10.2.